The number of rotatable bonds is 4. The van der Waals surface area contributed by atoms with Crippen molar-refractivity contribution >= 4 is 44.2 Å². The second kappa shape index (κ2) is 8.75. The number of pyridine rings is 1. The molecule has 4 aromatic carbocycles. The first kappa shape index (κ1) is 22.0. The molecular weight excluding hydrogens is 500 g/mol. The van der Waals surface area contributed by atoms with E-state index in [0.29, 0.717) is 5.89 Å². The van der Waals surface area contributed by atoms with Crippen molar-refractivity contribution in [2.24, 2.45) is 0 Å². The summed E-state index contributed by atoms with van der Waals surface area (Å²) in [6.07, 6.45) is 1.81. The van der Waals surface area contributed by atoms with E-state index in [9.17, 15) is 0 Å². The van der Waals surface area contributed by atoms with E-state index >= 15 is 0 Å². The van der Waals surface area contributed by atoms with Gasteiger partial charge in [-0.1, -0.05) is 54.6 Å². The zero-order valence-electron chi connectivity index (χ0n) is 20.7. The molecule has 0 unspecified atom stereocenters. The second-order valence-electron chi connectivity index (χ2n) is 9.37. The van der Waals surface area contributed by atoms with Gasteiger partial charge in [-0.05, 0) is 54.6 Å². The summed E-state index contributed by atoms with van der Waals surface area (Å²) in [6, 6.07) is 37.5. The van der Waals surface area contributed by atoms with Crippen LogP contribution in [0.4, 0.5) is 0 Å². The van der Waals surface area contributed by atoms with Crippen molar-refractivity contribution in [1.82, 2.24) is 19.5 Å². The summed E-state index contributed by atoms with van der Waals surface area (Å²) in [5.74, 6) is 0.617. The van der Waals surface area contributed by atoms with Crippen molar-refractivity contribution in [1.29, 1.82) is 0 Å². The highest BCUT2D eigenvalue weighted by Gasteiger charge is 2.16. The summed E-state index contributed by atoms with van der Waals surface area (Å²) in [5.41, 5.74) is 8.73. The van der Waals surface area contributed by atoms with Crippen molar-refractivity contribution in [3.8, 4) is 39.1 Å². The van der Waals surface area contributed by atoms with Crippen LogP contribution in [-0.4, -0.2) is 19.5 Å². The molecule has 4 heterocycles. The molecule has 0 aliphatic rings. The monoisotopic (exact) mass is 520 g/mol. The summed E-state index contributed by atoms with van der Waals surface area (Å²) in [5, 5.41) is 5.27. The standard InChI is InChI=1S/C33H20N4OS/c1-3-13-29-24(9-1)25-16-15-22(32-36-27-10-2-4-14-31(27)38-32)20-30(25)37(29)23-8-5-7-21(19-23)26-11-6-12-28(35-26)33-34-17-18-39-33/h1-20H. The van der Waals surface area contributed by atoms with E-state index in [4.69, 9.17) is 14.4 Å². The third kappa shape index (κ3) is 3.65. The molecule has 8 aromatic rings. The van der Waals surface area contributed by atoms with Crippen LogP contribution >= 0.6 is 11.3 Å². The summed E-state index contributed by atoms with van der Waals surface area (Å²) in [6.45, 7) is 0. The highest BCUT2D eigenvalue weighted by Crippen LogP contribution is 2.36. The molecule has 0 fully saturated rings. The molecule has 0 N–H and O–H groups in total. The fourth-order valence-corrected chi connectivity index (χ4v) is 5.85. The maximum Gasteiger partial charge on any atom is 0.227 e. The summed E-state index contributed by atoms with van der Waals surface area (Å²) < 4.78 is 8.42. The Balaban J connectivity index is 1.31. The third-order valence-electron chi connectivity index (χ3n) is 7.02. The van der Waals surface area contributed by atoms with Gasteiger partial charge in [-0.2, -0.15) is 0 Å². The predicted molar refractivity (Wildman–Crippen MR) is 158 cm³/mol. The maximum atomic E-state index is 6.11. The zero-order valence-corrected chi connectivity index (χ0v) is 21.5. The van der Waals surface area contributed by atoms with Gasteiger partial charge in [0.25, 0.3) is 0 Å². The van der Waals surface area contributed by atoms with Crippen LogP contribution in [-0.2, 0) is 0 Å². The van der Waals surface area contributed by atoms with Gasteiger partial charge in [-0.15, -0.1) is 11.3 Å². The minimum atomic E-state index is 0.617. The first-order chi connectivity index (χ1) is 19.3. The molecule has 0 saturated carbocycles. The van der Waals surface area contributed by atoms with Crippen LogP contribution in [0.2, 0.25) is 0 Å². The number of thiazole rings is 1. The predicted octanol–water partition coefficient (Wildman–Crippen LogP) is 8.78. The smallest absolute Gasteiger partial charge is 0.227 e. The molecule has 184 valence electrons. The Hall–Kier alpha value is -5.07. The van der Waals surface area contributed by atoms with Gasteiger partial charge in [0.1, 0.15) is 10.5 Å². The number of fused-ring (bicyclic) bond motifs is 4. The van der Waals surface area contributed by atoms with Crippen molar-refractivity contribution in [2.75, 3.05) is 0 Å². The number of oxazole rings is 1. The summed E-state index contributed by atoms with van der Waals surface area (Å²) in [4.78, 5) is 14.1. The Morgan fingerprint density at radius 2 is 1.49 bits per heavy atom. The first-order valence-corrected chi connectivity index (χ1v) is 13.6. The number of aromatic nitrogens is 4. The van der Waals surface area contributed by atoms with E-state index in [-0.39, 0.29) is 0 Å². The van der Waals surface area contributed by atoms with E-state index in [1.807, 2.05) is 54.0 Å². The van der Waals surface area contributed by atoms with Gasteiger partial charge >= 0.3 is 0 Å². The fraction of sp³-hybridized carbons (Fsp3) is 0. The number of hydrogen-bond acceptors (Lipinski definition) is 5. The number of nitrogens with zero attached hydrogens (tertiary/aromatic N) is 4. The lowest BCUT2D eigenvalue weighted by Gasteiger charge is -2.11. The molecule has 0 spiro atoms. The second-order valence-corrected chi connectivity index (χ2v) is 10.3. The molecule has 8 rings (SSSR count). The molecule has 39 heavy (non-hydrogen) atoms. The van der Waals surface area contributed by atoms with Crippen molar-refractivity contribution < 1.29 is 4.42 Å². The molecule has 4 aromatic heterocycles. The van der Waals surface area contributed by atoms with Gasteiger partial charge < -0.3 is 8.98 Å². The van der Waals surface area contributed by atoms with Crippen LogP contribution < -0.4 is 0 Å². The number of benzene rings is 4. The highest BCUT2D eigenvalue weighted by molar-refractivity contribution is 7.13. The maximum absolute atomic E-state index is 6.11. The van der Waals surface area contributed by atoms with E-state index in [1.165, 1.54) is 10.8 Å². The van der Waals surface area contributed by atoms with Gasteiger partial charge in [0.05, 0.1) is 22.4 Å². The Labute approximate surface area is 227 Å². The minimum absolute atomic E-state index is 0.617. The van der Waals surface area contributed by atoms with Crippen molar-refractivity contribution in [3.05, 3.63) is 121 Å². The number of hydrogen-bond donors (Lipinski definition) is 0. The van der Waals surface area contributed by atoms with E-state index in [2.05, 4.69) is 76.3 Å². The molecule has 0 saturated heterocycles. The van der Waals surface area contributed by atoms with Crippen LogP contribution in [0.25, 0.3) is 72.0 Å². The molecule has 0 radical (unpaired) electrons. The highest BCUT2D eigenvalue weighted by atomic mass is 32.1. The average Bonchev–Trinajstić information content (AvgIpc) is 3.75. The van der Waals surface area contributed by atoms with Crippen LogP contribution in [0.1, 0.15) is 0 Å². The fourth-order valence-electron chi connectivity index (χ4n) is 5.25. The molecule has 0 amide bonds. The van der Waals surface area contributed by atoms with Gasteiger partial charge in [-0.25, -0.2) is 15.0 Å². The molecular formula is C33H20N4OS. The van der Waals surface area contributed by atoms with Crippen LogP contribution in [0, 0.1) is 0 Å². The van der Waals surface area contributed by atoms with Gasteiger partial charge in [-0.3, -0.25) is 0 Å². The van der Waals surface area contributed by atoms with E-state index in [1.54, 1.807) is 11.3 Å². The van der Waals surface area contributed by atoms with Crippen molar-refractivity contribution in [3.63, 3.8) is 0 Å². The molecule has 0 aliphatic heterocycles. The SMILES string of the molecule is c1cc(-c2cccc(-c3nccs3)n2)cc(-n2c3ccccc3c3ccc(-c4nc5ccccc5o4)cc32)c1. The Morgan fingerprint density at radius 3 is 2.41 bits per heavy atom. The summed E-state index contributed by atoms with van der Waals surface area (Å²) in [7, 11) is 0. The lowest BCUT2D eigenvalue weighted by Crippen LogP contribution is -1.95. The molecule has 5 nitrogen and oxygen atoms in total. The lowest BCUT2D eigenvalue weighted by atomic mass is 10.1. The van der Waals surface area contributed by atoms with Crippen molar-refractivity contribution in [2.45, 2.75) is 0 Å². The quantitative estimate of drug-likeness (QED) is 0.233. The average molecular weight is 521 g/mol. The normalized spacial score (nSPS) is 11.6. The van der Waals surface area contributed by atoms with Gasteiger partial charge in [0, 0.05) is 39.2 Å². The topological polar surface area (TPSA) is 56.7 Å². The van der Waals surface area contributed by atoms with Crippen LogP contribution in [0.3, 0.4) is 0 Å². The molecule has 0 bridgehead atoms. The van der Waals surface area contributed by atoms with Gasteiger partial charge in [0.2, 0.25) is 5.89 Å². The Bertz CT molecular complexity index is 2110. The van der Waals surface area contributed by atoms with Gasteiger partial charge in [0.15, 0.2) is 5.58 Å². The summed E-state index contributed by atoms with van der Waals surface area (Å²) >= 11 is 1.59. The molecule has 0 aliphatic carbocycles. The first-order valence-electron chi connectivity index (χ1n) is 12.7. The van der Waals surface area contributed by atoms with E-state index < -0.39 is 0 Å². The lowest BCUT2D eigenvalue weighted by molar-refractivity contribution is 0.620. The Morgan fingerprint density at radius 1 is 0.641 bits per heavy atom. The molecule has 6 heteroatoms. The minimum Gasteiger partial charge on any atom is -0.436 e. The molecule has 0 atom stereocenters. The van der Waals surface area contributed by atoms with Crippen LogP contribution in [0.15, 0.2) is 125 Å². The number of para-hydroxylation sites is 3. The Kier molecular flexibility index (Phi) is 4.93. The third-order valence-corrected chi connectivity index (χ3v) is 7.81. The van der Waals surface area contributed by atoms with E-state index in [0.717, 1.165) is 55.3 Å². The zero-order chi connectivity index (χ0) is 25.8. The van der Waals surface area contributed by atoms with Crippen LogP contribution in [0.5, 0.6) is 0 Å². The largest absolute Gasteiger partial charge is 0.436 e.